The van der Waals surface area contributed by atoms with E-state index in [2.05, 4.69) is 31.3 Å². The summed E-state index contributed by atoms with van der Waals surface area (Å²) in [7, 11) is 4.05. The van der Waals surface area contributed by atoms with E-state index in [1.54, 1.807) is 0 Å². The first-order chi connectivity index (χ1) is 9.20. The maximum atomic E-state index is 4.38. The van der Waals surface area contributed by atoms with Crippen molar-refractivity contribution in [3.63, 3.8) is 0 Å². The number of nitrogens with zero attached hydrogens (tertiary/aromatic N) is 5. The summed E-state index contributed by atoms with van der Waals surface area (Å²) < 4.78 is 2.06. The van der Waals surface area contributed by atoms with Crippen molar-refractivity contribution in [3.8, 4) is 0 Å². The fourth-order valence-corrected chi connectivity index (χ4v) is 1.94. The minimum absolute atomic E-state index is 0.789. The number of hydrogen-bond donors (Lipinski definition) is 0. The highest BCUT2D eigenvalue weighted by Crippen LogP contribution is 2.07. The molecule has 5 heteroatoms. The summed E-state index contributed by atoms with van der Waals surface area (Å²) in [6.07, 6.45) is 10.6. The van der Waals surface area contributed by atoms with E-state index in [9.17, 15) is 0 Å². The lowest BCUT2D eigenvalue weighted by atomic mass is 10.3. The van der Waals surface area contributed by atoms with Crippen LogP contribution in [0.4, 0.5) is 5.95 Å². The molecule has 0 bridgehead atoms. The van der Waals surface area contributed by atoms with Crippen LogP contribution in [0.3, 0.4) is 0 Å². The Bertz CT molecular complexity index is 503. The van der Waals surface area contributed by atoms with Crippen LogP contribution in [0.1, 0.15) is 24.7 Å². The van der Waals surface area contributed by atoms with Gasteiger partial charge in [-0.1, -0.05) is 6.92 Å². The largest absolute Gasteiger partial charge is 0.344 e. The summed E-state index contributed by atoms with van der Waals surface area (Å²) in [5.74, 6) is 1.91. The molecule has 0 aliphatic rings. The predicted molar refractivity (Wildman–Crippen MR) is 76.2 cm³/mol. The van der Waals surface area contributed by atoms with Gasteiger partial charge in [0.05, 0.1) is 0 Å². The quantitative estimate of drug-likeness (QED) is 0.794. The third kappa shape index (κ3) is 3.53. The maximum Gasteiger partial charge on any atom is 0.224 e. The van der Waals surface area contributed by atoms with Crippen molar-refractivity contribution < 1.29 is 0 Å². The van der Waals surface area contributed by atoms with E-state index in [1.165, 1.54) is 5.56 Å². The fourth-order valence-electron chi connectivity index (χ4n) is 1.94. The van der Waals surface area contributed by atoms with Crippen molar-refractivity contribution in [1.29, 1.82) is 0 Å². The van der Waals surface area contributed by atoms with Gasteiger partial charge in [0.1, 0.15) is 5.82 Å². The Morgan fingerprint density at radius 3 is 2.53 bits per heavy atom. The molecule has 0 N–H and O–H groups in total. The molecular weight excluding hydrogens is 238 g/mol. The molecule has 0 saturated heterocycles. The van der Waals surface area contributed by atoms with E-state index >= 15 is 0 Å². The molecule has 19 heavy (non-hydrogen) atoms. The summed E-state index contributed by atoms with van der Waals surface area (Å²) in [4.78, 5) is 15.2. The first kappa shape index (κ1) is 13.5. The van der Waals surface area contributed by atoms with Crippen molar-refractivity contribution in [2.24, 2.45) is 7.05 Å². The molecule has 2 aromatic rings. The zero-order chi connectivity index (χ0) is 13.7. The summed E-state index contributed by atoms with van der Waals surface area (Å²) in [6.45, 7) is 3.03. The zero-order valence-electron chi connectivity index (χ0n) is 11.9. The van der Waals surface area contributed by atoms with Crippen molar-refractivity contribution in [2.75, 3.05) is 18.5 Å². The maximum absolute atomic E-state index is 4.38. The summed E-state index contributed by atoms with van der Waals surface area (Å²) in [6, 6.07) is 0. The molecule has 0 aliphatic heterocycles. The molecule has 0 fully saturated rings. The Labute approximate surface area is 114 Å². The Balaban J connectivity index is 1.83. The van der Waals surface area contributed by atoms with Crippen LogP contribution < -0.4 is 4.90 Å². The number of aryl methyl sites for hydroxylation is 3. The van der Waals surface area contributed by atoms with Gasteiger partial charge in [0.25, 0.3) is 0 Å². The summed E-state index contributed by atoms with van der Waals surface area (Å²) >= 11 is 0. The van der Waals surface area contributed by atoms with Crippen molar-refractivity contribution in [3.05, 3.63) is 36.2 Å². The van der Waals surface area contributed by atoms with Crippen molar-refractivity contribution >= 4 is 5.95 Å². The van der Waals surface area contributed by atoms with E-state index < -0.39 is 0 Å². The Morgan fingerprint density at radius 2 is 1.95 bits per heavy atom. The normalized spacial score (nSPS) is 10.7. The molecular formula is C14H21N5. The highest BCUT2D eigenvalue weighted by atomic mass is 15.2. The number of anilines is 1. The minimum atomic E-state index is 0.789. The molecule has 5 nitrogen and oxygen atoms in total. The third-order valence-corrected chi connectivity index (χ3v) is 3.26. The molecule has 0 spiro atoms. The monoisotopic (exact) mass is 259 g/mol. The van der Waals surface area contributed by atoms with Crippen LogP contribution in [0.15, 0.2) is 24.8 Å². The van der Waals surface area contributed by atoms with E-state index in [0.717, 1.165) is 37.6 Å². The molecule has 0 unspecified atom stereocenters. The molecule has 0 aromatic carbocycles. The van der Waals surface area contributed by atoms with Gasteiger partial charge in [0, 0.05) is 51.8 Å². The second-order valence-corrected chi connectivity index (χ2v) is 4.72. The molecule has 0 atom stereocenters. The second-order valence-electron chi connectivity index (χ2n) is 4.72. The van der Waals surface area contributed by atoms with Gasteiger partial charge in [-0.15, -0.1) is 0 Å². The van der Waals surface area contributed by atoms with Gasteiger partial charge in [-0.3, -0.25) is 0 Å². The lowest BCUT2D eigenvalue weighted by Gasteiger charge is -2.16. The average molecular weight is 259 g/mol. The molecule has 0 aliphatic carbocycles. The van der Waals surface area contributed by atoms with Crippen LogP contribution in [0.2, 0.25) is 0 Å². The first-order valence-electron chi connectivity index (χ1n) is 6.69. The van der Waals surface area contributed by atoms with Gasteiger partial charge < -0.3 is 9.47 Å². The zero-order valence-corrected chi connectivity index (χ0v) is 11.9. The first-order valence-corrected chi connectivity index (χ1v) is 6.69. The van der Waals surface area contributed by atoms with Crippen LogP contribution in [-0.2, 0) is 19.9 Å². The topological polar surface area (TPSA) is 46.8 Å². The molecule has 0 amide bonds. The summed E-state index contributed by atoms with van der Waals surface area (Å²) in [5.41, 5.74) is 1.17. The molecule has 2 aromatic heterocycles. The van der Waals surface area contributed by atoms with Gasteiger partial charge in [0.2, 0.25) is 5.95 Å². The lowest BCUT2D eigenvalue weighted by Crippen LogP contribution is -2.21. The van der Waals surface area contributed by atoms with E-state index in [1.807, 2.05) is 38.9 Å². The third-order valence-electron chi connectivity index (χ3n) is 3.26. The van der Waals surface area contributed by atoms with Crippen molar-refractivity contribution in [1.82, 2.24) is 19.5 Å². The van der Waals surface area contributed by atoms with Gasteiger partial charge in [-0.25, -0.2) is 15.0 Å². The SMILES string of the molecule is CCc1cnc(N(C)CCCc2nccn2C)nc1. The van der Waals surface area contributed by atoms with Crippen LogP contribution in [-0.4, -0.2) is 33.1 Å². The van der Waals surface area contributed by atoms with Crippen LogP contribution in [0.25, 0.3) is 0 Å². The average Bonchev–Trinajstić information content (AvgIpc) is 2.84. The van der Waals surface area contributed by atoms with Crippen LogP contribution >= 0.6 is 0 Å². The number of hydrogen-bond acceptors (Lipinski definition) is 4. The molecule has 0 saturated carbocycles. The highest BCUT2D eigenvalue weighted by Gasteiger charge is 2.05. The van der Waals surface area contributed by atoms with Crippen molar-refractivity contribution in [2.45, 2.75) is 26.2 Å². The van der Waals surface area contributed by atoms with Gasteiger partial charge >= 0.3 is 0 Å². The predicted octanol–water partition coefficient (Wildman–Crippen LogP) is 1.84. The molecule has 2 rings (SSSR count). The fraction of sp³-hybridized carbons (Fsp3) is 0.500. The van der Waals surface area contributed by atoms with E-state index in [-0.39, 0.29) is 0 Å². The highest BCUT2D eigenvalue weighted by molar-refractivity contribution is 5.28. The van der Waals surface area contributed by atoms with Gasteiger partial charge in [0.15, 0.2) is 0 Å². The summed E-state index contributed by atoms with van der Waals surface area (Å²) in [5, 5.41) is 0. The Morgan fingerprint density at radius 1 is 1.21 bits per heavy atom. The number of rotatable bonds is 6. The second kappa shape index (κ2) is 6.31. The lowest BCUT2D eigenvalue weighted by molar-refractivity contribution is 0.705. The molecule has 0 radical (unpaired) electrons. The van der Waals surface area contributed by atoms with Gasteiger partial charge in [-0.05, 0) is 18.4 Å². The smallest absolute Gasteiger partial charge is 0.224 e. The molecule has 2 heterocycles. The minimum Gasteiger partial charge on any atom is -0.344 e. The molecule has 102 valence electrons. The van der Waals surface area contributed by atoms with E-state index in [0.29, 0.717) is 0 Å². The van der Waals surface area contributed by atoms with E-state index in [4.69, 9.17) is 0 Å². The Hall–Kier alpha value is -1.91. The number of imidazole rings is 1. The van der Waals surface area contributed by atoms with Crippen LogP contribution in [0, 0.1) is 0 Å². The Kier molecular flexibility index (Phi) is 4.49. The number of aromatic nitrogens is 4. The standard InChI is InChI=1S/C14H21N5/c1-4-12-10-16-14(17-11-12)19(3)8-5-6-13-15-7-9-18(13)2/h7,9-11H,4-6,8H2,1-3H3. The van der Waals surface area contributed by atoms with Crippen LogP contribution in [0.5, 0.6) is 0 Å². The van der Waals surface area contributed by atoms with Gasteiger partial charge in [-0.2, -0.15) is 0 Å².